The second kappa shape index (κ2) is 5.40. The van der Waals surface area contributed by atoms with E-state index >= 15 is 0 Å². The number of benzene rings is 1. The Bertz CT molecular complexity index is 452. The highest BCUT2D eigenvalue weighted by Crippen LogP contribution is 2.62. The molecule has 0 amide bonds. The van der Waals surface area contributed by atoms with Crippen LogP contribution in [-0.2, 0) is 5.41 Å². The quantitative estimate of drug-likeness (QED) is 0.902. The average molecular weight is 273 g/mol. The Balaban J connectivity index is 1.84. The van der Waals surface area contributed by atoms with Crippen molar-refractivity contribution in [1.82, 2.24) is 0 Å². The van der Waals surface area contributed by atoms with Crippen LogP contribution in [0.4, 0.5) is 0 Å². The Morgan fingerprint density at radius 2 is 1.70 bits per heavy atom. The van der Waals surface area contributed by atoms with Crippen molar-refractivity contribution >= 4 is 0 Å². The van der Waals surface area contributed by atoms with E-state index in [4.69, 9.17) is 10.5 Å². The minimum Gasteiger partial charge on any atom is -0.496 e. The lowest BCUT2D eigenvalue weighted by Gasteiger charge is -2.57. The lowest BCUT2D eigenvalue weighted by Crippen LogP contribution is -2.53. The molecule has 0 saturated heterocycles. The summed E-state index contributed by atoms with van der Waals surface area (Å²) in [5.74, 6) is 1.02. The van der Waals surface area contributed by atoms with E-state index in [1.165, 1.54) is 56.9 Å². The predicted molar refractivity (Wildman–Crippen MR) is 83.1 cm³/mol. The van der Waals surface area contributed by atoms with Gasteiger partial charge in [0.2, 0.25) is 0 Å². The SMILES string of the molecule is COc1ccccc1C1(CN)CC2(CCCCCC2)C1. The fourth-order valence-electron chi connectivity index (χ4n) is 4.74. The summed E-state index contributed by atoms with van der Waals surface area (Å²) in [7, 11) is 1.77. The molecule has 2 aliphatic rings. The smallest absolute Gasteiger partial charge is 0.122 e. The normalized spacial score (nSPS) is 23.9. The van der Waals surface area contributed by atoms with Crippen molar-refractivity contribution in [3.05, 3.63) is 29.8 Å². The van der Waals surface area contributed by atoms with Gasteiger partial charge in [-0.2, -0.15) is 0 Å². The van der Waals surface area contributed by atoms with Gasteiger partial charge in [-0.05, 0) is 37.2 Å². The number of hydrogen-bond donors (Lipinski definition) is 1. The number of ether oxygens (including phenoxy) is 1. The number of para-hydroxylation sites is 1. The first-order valence-electron chi connectivity index (χ1n) is 8.07. The molecule has 3 rings (SSSR count). The Labute approximate surface area is 122 Å². The molecule has 2 fully saturated rings. The van der Waals surface area contributed by atoms with E-state index < -0.39 is 0 Å². The molecular weight excluding hydrogens is 246 g/mol. The molecule has 2 heteroatoms. The summed E-state index contributed by atoms with van der Waals surface area (Å²) in [4.78, 5) is 0. The van der Waals surface area contributed by atoms with Crippen molar-refractivity contribution in [3.63, 3.8) is 0 Å². The van der Waals surface area contributed by atoms with E-state index in [0.717, 1.165) is 12.3 Å². The van der Waals surface area contributed by atoms with E-state index in [0.29, 0.717) is 5.41 Å². The third-order valence-electron chi connectivity index (χ3n) is 5.66. The number of methoxy groups -OCH3 is 1. The van der Waals surface area contributed by atoms with Gasteiger partial charge in [0.25, 0.3) is 0 Å². The fourth-order valence-corrected chi connectivity index (χ4v) is 4.74. The van der Waals surface area contributed by atoms with Gasteiger partial charge in [0.1, 0.15) is 5.75 Å². The molecule has 2 N–H and O–H groups in total. The highest BCUT2D eigenvalue weighted by molar-refractivity contribution is 5.43. The number of rotatable bonds is 3. The molecule has 110 valence electrons. The van der Waals surface area contributed by atoms with Crippen molar-refractivity contribution in [1.29, 1.82) is 0 Å². The summed E-state index contributed by atoms with van der Waals surface area (Å²) in [5, 5.41) is 0. The molecule has 0 aliphatic heterocycles. The van der Waals surface area contributed by atoms with Gasteiger partial charge in [0.05, 0.1) is 7.11 Å². The monoisotopic (exact) mass is 273 g/mol. The molecule has 1 aromatic rings. The Kier molecular flexibility index (Phi) is 3.76. The summed E-state index contributed by atoms with van der Waals surface area (Å²) in [6, 6.07) is 8.46. The zero-order valence-electron chi connectivity index (χ0n) is 12.7. The lowest BCUT2D eigenvalue weighted by atomic mass is 9.48. The van der Waals surface area contributed by atoms with Crippen LogP contribution in [0.15, 0.2) is 24.3 Å². The summed E-state index contributed by atoms with van der Waals surface area (Å²) in [6.45, 7) is 0.745. The van der Waals surface area contributed by atoms with Gasteiger partial charge >= 0.3 is 0 Å². The molecule has 0 aromatic heterocycles. The summed E-state index contributed by atoms with van der Waals surface area (Å²) in [6.07, 6.45) is 11.0. The number of hydrogen-bond acceptors (Lipinski definition) is 2. The summed E-state index contributed by atoms with van der Waals surface area (Å²) in [5.41, 5.74) is 8.27. The fraction of sp³-hybridized carbons (Fsp3) is 0.667. The molecule has 2 aliphatic carbocycles. The average Bonchev–Trinajstić information content (AvgIpc) is 2.71. The zero-order chi connectivity index (χ0) is 14.1. The molecule has 2 nitrogen and oxygen atoms in total. The zero-order valence-corrected chi connectivity index (χ0v) is 12.7. The van der Waals surface area contributed by atoms with E-state index in [2.05, 4.69) is 18.2 Å². The molecule has 1 aromatic carbocycles. The van der Waals surface area contributed by atoms with Gasteiger partial charge in [0, 0.05) is 17.5 Å². The third kappa shape index (κ3) is 2.24. The van der Waals surface area contributed by atoms with E-state index in [1.807, 2.05) is 6.07 Å². The van der Waals surface area contributed by atoms with Crippen LogP contribution >= 0.6 is 0 Å². The lowest BCUT2D eigenvalue weighted by molar-refractivity contribution is 0.00998. The van der Waals surface area contributed by atoms with E-state index in [9.17, 15) is 0 Å². The maximum absolute atomic E-state index is 6.20. The minimum atomic E-state index is 0.164. The highest BCUT2D eigenvalue weighted by atomic mass is 16.5. The first-order chi connectivity index (χ1) is 9.74. The maximum Gasteiger partial charge on any atom is 0.122 e. The van der Waals surface area contributed by atoms with E-state index in [1.54, 1.807) is 7.11 Å². The largest absolute Gasteiger partial charge is 0.496 e. The third-order valence-corrected chi connectivity index (χ3v) is 5.66. The van der Waals surface area contributed by atoms with Crippen molar-refractivity contribution in [3.8, 4) is 5.75 Å². The second-order valence-corrected chi connectivity index (χ2v) is 6.95. The second-order valence-electron chi connectivity index (χ2n) is 6.95. The summed E-state index contributed by atoms with van der Waals surface area (Å²) < 4.78 is 5.57. The Hall–Kier alpha value is -1.02. The van der Waals surface area contributed by atoms with Gasteiger partial charge in [-0.1, -0.05) is 43.9 Å². The van der Waals surface area contributed by atoms with Gasteiger partial charge in [-0.15, -0.1) is 0 Å². The van der Waals surface area contributed by atoms with E-state index in [-0.39, 0.29) is 5.41 Å². The molecule has 0 unspecified atom stereocenters. The molecular formula is C18H27NO. The topological polar surface area (TPSA) is 35.2 Å². The van der Waals surface area contributed by atoms with Gasteiger partial charge in [-0.3, -0.25) is 0 Å². The van der Waals surface area contributed by atoms with Gasteiger partial charge in [-0.25, -0.2) is 0 Å². The summed E-state index contributed by atoms with van der Waals surface area (Å²) >= 11 is 0. The van der Waals surface area contributed by atoms with Crippen LogP contribution in [0.1, 0.15) is 56.9 Å². The first kappa shape index (κ1) is 13.9. The van der Waals surface area contributed by atoms with Crippen LogP contribution in [-0.4, -0.2) is 13.7 Å². The van der Waals surface area contributed by atoms with Crippen molar-refractivity contribution in [2.24, 2.45) is 11.1 Å². The van der Waals surface area contributed by atoms with Crippen LogP contribution in [0.25, 0.3) is 0 Å². The van der Waals surface area contributed by atoms with Gasteiger partial charge < -0.3 is 10.5 Å². The van der Waals surface area contributed by atoms with Crippen LogP contribution < -0.4 is 10.5 Å². The Morgan fingerprint density at radius 3 is 2.30 bits per heavy atom. The maximum atomic E-state index is 6.20. The molecule has 0 atom stereocenters. The van der Waals surface area contributed by atoms with Crippen LogP contribution in [0.3, 0.4) is 0 Å². The highest BCUT2D eigenvalue weighted by Gasteiger charge is 2.54. The standard InChI is InChI=1S/C18H27NO/c1-20-16-9-5-4-8-15(16)18(14-19)12-17(13-18)10-6-2-3-7-11-17/h4-5,8-9H,2-3,6-7,10-14,19H2,1H3. The molecule has 1 spiro atoms. The van der Waals surface area contributed by atoms with Gasteiger partial charge in [0.15, 0.2) is 0 Å². The first-order valence-corrected chi connectivity index (χ1v) is 8.07. The molecule has 0 bridgehead atoms. The van der Waals surface area contributed by atoms with Crippen molar-refractivity contribution < 1.29 is 4.74 Å². The molecule has 0 radical (unpaired) electrons. The molecule has 2 saturated carbocycles. The van der Waals surface area contributed by atoms with Crippen molar-refractivity contribution in [2.45, 2.75) is 56.8 Å². The van der Waals surface area contributed by atoms with Crippen LogP contribution in [0.5, 0.6) is 5.75 Å². The number of nitrogens with two attached hydrogens (primary N) is 1. The minimum absolute atomic E-state index is 0.164. The molecule has 20 heavy (non-hydrogen) atoms. The molecule has 0 heterocycles. The van der Waals surface area contributed by atoms with Crippen LogP contribution in [0.2, 0.25) is 0 Å². The van der Waals surface area contributed by atoms with Crippen LogP contribution in [0, 0.1) is 5.41 Å². The Morgan fingerprint density at radius 1 is 1.05 bits per heavy atom. The van der Waals surface area contributed by atoms with Crippen molar-refractivity contribution in [2.75, 3.05) is 13.7 Å². The predicted octanol–water partition coefficient (Wildman–Crippen LogP) is 4.03.